The second-order valence-corrected chi connectivity index (χ2v) is 1.59. The van der Waals surface area contributed by atoms with Crippen LogP contribution >= 0.6 is 0 Å². The summed E-state index contributed by atoms with van der Waals surface area (Å²) in [5.74, 6) is 0. The third kappa shape index (κ3) is 7.24. The van der Waals surface area contributed by atoms with Crippen LogP contribution in [0.2, 0.25) is 0 Å². The molecule has 0 amide bonds. The second-order valence-electron chi connectivity index (χ2n) is 1.59. The average Bonchev–Trinajstić information content (AvgIpc) is 1.89. The minimum Gasteiger partial charge on any atom is -0.396 e. The maximum atomic E-state index is 8.33. The van der Waals surface area contributed by atoms with E-state index in [2.05, 4.69) is 5.32 Å². The third-order valence-corrected chi connectivity index (χ3v) is 0.806. The lowest BCUT2D eigenvalue weighted by Crippen LogP contribution is -1.89. The summed E-state index contributed by atoms with van der Waals surface area (Å²) >= 11 is 0. The maximum Gasteiger partial charge on any atom is 0.0465 e. The van der Waals surface area contributed by atoms with Crippen molar-refractivity contribution >= 4 is 0 Å². The van der Waals surface area contributed by atoms with E-state index in [9.17, 15) is 0 Å². The van der Waals surface area contributed by atoms with Gasteiger partial charge in [-0.2, -0.15) is 0 Å². The van der Waals surface area contributed by atoms with E-state index >= 15 is 0 Å². The van der Waals surface area contributed by atoms with Crippen LogP contribution in [0.5, 0.6) is 0 Å². The van der Waals surface area contributed by atoms with E-state index in [-0.39, 0.29) is 6.61 Å². The monoisotopic (exact) mass is 127 g/mol. The summed E-state index contributed by atoms with van der Waals surface area (Å²) < 4.78 is 0. The lowest BCUT2D eigenvalue weighted by molar-refractivity contribution is 0.302. The van der Waals surface area contributed by atoms with Crippen molar-refractivity contribution < 1.29 is 5.11 Å². The highest BCUT2D eigenvalue weighted by Gasteiger charge is 1.68. The molecule has 0 heterocycles. The van der Waals surface area contributed by atoms with Crippen molar-refractivity contribution in [3.05, 3.63) is 24.4 Å². The van der Waals surface area contributed by atoms with Crippen LogP contribution in [-0.4, -0.2) is 18.8 Å². The van der Waals surface area contributed by atoms with Crippen molar-refractivity contribution in [3.63, 3.8) is 0 Å². The smallest absolute Gasteiger partial charge is 0.0465 e. The first-order valence-corrected chi connectivity index (χ1v) is 3.01. The summed E-state index contributed by atoms with van der Waals surface area (Å²) in [6.07, 6.45) is 8.25. The van der Waals surface area contributed by atoms with E-state index in [1.807, 2.05) is 31.5 Å². The van der Waals surface area contributed by atoms with Gasteiger partial charge in [-0.1, -0.05) is 12.2 Å². The van der Waals surface area contributed by atoms with E-state index in [0.29, 0.717) is 0 Å². The van der Waals surface area contributed by atoms with Crippen LogP contribution < -0.4 is 5.32 Å². The van der Waals surface area contributed by atoms with Crippen LogP contribution in [0.1, 0.15) is 6.42 Å². The van der Waals surface area contributed by atoms with Crippen molar-refractivity contribution in [3.8, 4) is 0 Å². The Bertz CT molecular complexity index is 97.1. The molecule has 0 spiro atoms. The molecule has 9 heavy (non-hydrogen) atoms. The molecule has 52 valence electrons. The zero-order valence-corrected chi connectivity index (χ0v) is 5.67. The van der Waals surface area contributed by atoms with Gasteiger partial charge in [-0.05, 0) is 18.7 Å². The topological polar surface area (TPSA) is 32.3 Å². The van der Waals surface area contributed by atoms with Crippen molar-refractivity contribution in [1.82, 2.24) is 5.32 Å². The molecule has 0 aromatic carbocycles. The second kappa shape index (κ2) is 7.24. The first-order valence-electron chi connectivity index (χ1n) is 3.01. The van der Waals surface area contributed by atoms with E-state index in [1.165, 1.54) is 0 Å². The quantitative estimate of drug-likeness (QED) is 0.544. The molecular formula is C7H13NO. The molecule has 0 aliphatic heterocycles. The van der Waals surface area contributed by atoms with E-state index < -0.39 is 0 Å². The minimum absolute atomic E-state index is 0.226. The summed E-state index contributed by atoms with van der Waals surface area (Å²) in [6.45, 7) is 0.226. The number of nitrogens with one attached hydrogen (secondary N) is 1. The Morgan fingerprint density at radius 2 is 2.22 bits per heavy atom. The van der Waals surface area contributed by atoms with Crippen LogP contribution in [0.3, 0.4) is 0 Å². The summed E-state index contributed by atoms with van der Waals surface area (Å²) in [5.41, 5.74) is 0. The number of allylic oxidation sites excluding steroid dienone is 2. The van der Waals surface area contributed by atoms with Gasteiger partial charge in [0.2, 0.25) is 0 Å². The Morgan fingerprint density at radius 1 is 1.44 bits per heavy atom. The van der Waals surface area contributed by atoms with E-state index in [4.69, 9.17) is 5.11 Å². The van der Waals surface area contributed by atoms with Gasteiger partial charge >= 0.3 is 0 Å². The van der Waals surface area contributed by atoms with Gasteiger partial charge in [-0.15, -0.1) is 0 Å². The van der Waals surface area contributed by atoms with Crippen LogP contribution in [0, 0.1) is 0 Å². The Balaban J connectivity index is 3.13. The highest BCUT2D eigenvalue weighted by molar-refractivity contribution is 5.00. The summed E-state index contributed by atoms with van der Waals surface area (Å²) in [4.78, 5) is 0. The molecular weight excluding hydrogens is 114 g/mol. The van der Waals surface area contributed by atoms with Crippen molar-refractivity contribution in [2.75, 3.05) is 13.7 Å². The number of aliphatic hydroxyl groups is 1. The Hall–Kier alpha value is -0.760. The number of hydrogen-bond acceptors (Lipinski definition) is 2. The molecule has 0 saturated heterocycles. The Kier molecular flexibility index (Phi) is 6.63. The highest BCUT2D eigenvalue weighted by Crippen LogP contribution is 1.80. The van der Waals surface area contributed by atoms with Gasteiger partial charge in [0.25, 0.3) is 0 Å². The van der Waals surface area contributed by atoms with Crippen LogP contribution in [-0.2, 0) is 0 Å². The summed E-state index contributed by atoms with van der Waals surface area (Å²) in [7, 11) is 1.84. The molecule has 0 rings (SSSR count). The SMILES string of the molecule is CN/C=C\C=C/CCO. The fourth-order valence-electron chi connectivity index (χ4n) is 0.401. The lowest BCUT2D eigenvalue weighted by Gasteiger charge is -1.81. The first-order chi connectivity index (χ1) is 4.41. The molecule has 0 bridgehead atoms. The predicted molar refractivity (Wildman–Crippen MR) is 39.0 cm³/mol. The molecule has 0 fully saturated rings. The summed E-state index contributed by atoms with van der Waals surface area (Å²) in [6, 6.07) is 0. The number of hydrogen-bond donors (Lipinski definition) is 2. The van der Waals surface area contributed by atoms with Crippen LogP contribution in [0.25, 0.3) is 0 Å². The average molecular weight is 127 g/mol. The molecule has 0 aromatic heterocycles. The first kappa shape index (κ1) is 8.24. The van der Waals surface area contributed by atoms with Crippen LogP contribution in [0.4, 0.5) is 0 Å². The van der Waals surface area contributed by atoms with E-state index in [0.717, 1.165) is 6.42 Å². The van der Waals surface area contributed by atoms with E-state index in [1.54, 1.807) is 0 Å². The van der Waals surface area contributed by atoms with Crippen molar-refractivity contribution in [2.45, 2.75) is 6.42 Å². The van der Waals surface area contributed by atoms with Gasteiger partial charge in [-0.3, -0.25) is 0 Å². The molecule has 2 nitrogen and oxygen atoms in total. The highest BCUT2D eigenvalue weighted by atomic mass is 16.2. The fraction of sp³-hybridized carbons (Fsp3) is 0.429. The zero-order valence-electron chi connectivity index (χ0n) is 5.67. The van der Waals surface area contributed by atoms with Crippen molar-refractivity contribution in [1.29, 1.82) is 0 Å². The number of aliphatic hydroxyl groups excluding tert-OH is 1. The lowest BCUT2D eigenvalue weighted by atomic mass is 10.4. The molecule has 0 aliphatic carbocycles. The largest absolute Gasteiger partial charge is 0.396 e. The Labute approximate surface area is 55.9 Å². The molecule has 0 radical (unpaired) electrons. The minimum atomic E-state index is 0.226. The maximum absolute atomic E-state index is 8.33. The summed E-state index contributed by atoms with van der Waals surface area (Å²) in [5, 5.41) is 11.2. The van der Waals surface area contributed by atoms with Gasteiger partial charge in [-0.25, -0.2) is 0 Å². The van der Waals surface area contributed by atoms with Gasteiger partial charge in [0.1, 0.15) is 0 Å². The van der Waals surface area contributed by atoms with Gasteiger partial charge in [0.05, 0.1) is 0 Å². The third-order valence-electron chi connectivity index (χ3n) is 0.806. The number of rotatable bonds is 4. The van der Waals surface area contributed by atoms with Gasteiger partial charge in [0.15, 0.2) is 0 Å². The van der Waals surface area contributed by atoms with Gasteiger partial charge in [0, 0.05) is 13.7 Å². The fourth-order valence-corrected chi connectivity index (χ4v) is 0.401. The van der Waals surface area contributed by atoms with Gasteiger partial charge < -0.3 is 10.4 Å². The molecule has 0 aromatic rings. The molecule has 0 aliphatic rings. The van der Waals surface area contributed by atoms with Crippen LogP contribution in [0.15, 0.2) is 24.4 Å². The standard InChI is InChI=1S/C7H13NO/c1-8-6-4-2-3-5-7-9/h2-4,6,8-9H,5,7H2,1H3/b3-2-,6-4-. The molecule has 2 N–H and O–H groups in total. The predicted octanol–water partition coefficient (Wildman–Crippen LogP) is 0.658. The molecule has 0 atom stereocenters. The zero-order chi connectivity index (χ0) is 6.95. The Morgan fingerprint density at radius 3 is 2.78 bits per heavy atom. The van der Waals surface area contributed by atoms with Crippen molar-refractivity contribution in [2.24, 2.45) is 0 Å². The molecule has 0 unspecified atom stereocenters. The molecule has 0 saturated carbocycles. The normalized spacial score (nSPS) is 11.3. The molecule has 2 heteroatoms.